The number of hydrogen-bond acceptors (Lipinski definition) is 3. The van der Waals surface area contributed by atoms with E-state index in [1.165, 1.54) is 12.0 Å². The maximum absolute atomic E-state index is 10.6. The van der Waals surface area contributed by atoms with E-state index in [9.17, 15) is 15.0 Å². The van der Waals surface area contributed by atoms with Gasteiger partial charge in [-0.3, -0.25) is 4.79 Å². The second-order valence-corrected chi connectivity index (χ2v) is 8.07. The Labute approximate surface area is 150 Å². The second kappa shape index (κ2) is 7.93. The van der Waals surface area contributed by atoms with E-state index in [0.717, 1.165) is 51.4 Å². The molecule has 0 amide bonds. The number of hydrogen-bond donors (Lipinski definition) is 3. The van der Waals surface area contributed by atoms with Gasteiger partial charge in [0.15, 0.2) is 0 Å². The monoisotopic (exact) mass is 346 g/mol. The predicted octanol–water partition coefficient (Wildman–Crippen LogP) is 3.27. The Hall–Kier alpha value is -1.31. The first kappa shape index (κ1) is 18.5. The highest BCUT2D eigenvalue weighted by Crippen LogP contribution is 2.51. The normalized spacial score (nSPS) is 35.2. The predicted molar refractivity (Wildman–Crippen MR) is 95.7 cm³/mol. The van der Waals surface area contributed by atoms with Crippen molar-refractivity contribution in [2.45, 2.75) is 82.3 Å². The summed E-state index contributed by atoms with van der Waals surface area (Å²) in [5, 5.41) is 29.7. The quantitative estimate of drug-likeness (QED) is 0.415. The number of carboxylic acids is 1. The third-order valence-corrected chi connectivity index (χ3v) is 6.27. The average molecular weight is 346 g/mol. The fourth-order valence-corrected chi connectivity index (χ4v) is 4.73. The maximum Gasteiger partial charge on any atom is 0.303 e. The molecule has 0 saturated heterocycles. The molecule has 0 aromatic carbocycles. The van der Waals surface area contributed by atoms with E-state index < -0.39 is 11.6 Å². The lowest BCUT2D eigenvalue weighted by Gasteiger charge is -2.48. The fraction of sp³-hybridized carbons (Fsp3) is 0.762. The highest BCUT2D eigenvalue weighted by atomic mass is 16.4. The molecule has 1 unspecified atom stereocenters. The van der Waals surface area contributed by atoms with Crippen LogP contribution >= 0.6 is 0 Å². The molecule has 0 radical (unpaired) electrons. The molecule has 0 spiro atoms. The highest BCUT2D eigenvalue weighted by molar-refractivity contribution is 5.66. The van der Waals surface area contributed by atoms with Gasteiger partial charge in [-0.25, -0.2) is 0 Å². The van der Waals surface area contributed by atoms with Gasteiger partial charge in [0.25, 0.3) is 0 Å². The van der Waals surface area contributed by atoms with Gasteiger partial charge >= 0.3 is 5.97 Å². The van der Waals surface area contributed by atoms with E-state index in [2.05, 4.69) is 17.9 Å². The van der Waals surface area contributed by atoms with E-state index in [-0.39, 0.29) is 18.4 Å². The summed E-state index contributed by atoms with van der Waals surface area (Å²) in [6.07, 6.45) is 11.1. The van der Waals surface area contributed by atoms with Crippen molar-refractivity contribution >= 4 is 5.97 Å². The summed E-state index contributed by atoms with van der Waals surface area (Å²) >= 11 is 0. The lowest BCUT2D eigenvalue weighted by Crippen LogP contribution is -2.44. The number of carbonyl (C=O) groups is 1. The Kier molecular flexibility index (Phi) is 5.86. The molecule has 0 aromatic heterocycles. The number of allylic oxidation sites excluding steroid dienone is 2. The van der Waals surface area contributed by atoms with E-state index >= 15 is 0 Å². The van der Waals surface area contributed by atoms with Crippen LogP contribution in [0.5, 0.6) is 0 Å². The van der Waals surface area contributed by atoms with Gasteiger partial charge in [0.1, 0.15) is 5.60 Å². The third-order valence-electron chi connectivity index (χ3n) is 6.27. The van der Waals surface area contributed by atoms with Gasteiger partial charge in [-0.2, -0.15) is 0 Å². The van der Waals surface area contributed by atoms with Gasteiger partial charge in [-0.1, -0.05) is 29.9 Å². The molecule has 0 bridgehead atoms. The molecule has 25 heavy (non-hydrogen) atoms. The van der Waals surface area contributed by atoms with E-state index in [4.69, 9.17) is 5.11 Å². The molecule has 3 rings (SSSR count). The molecule has 3 N–H and O–H groups in total. The van der Waals surface area contributed by atoms with Crippen LogP contribution in [0.25, 0.3) is 0 Å². The van der Waals surface area contributed by atoms with Gasteiger partial charge in [0.2, 0.25) is 0 Å². The summed E-state index contributed by atoms with van der Waals surface area (Å²) in [7, 11) is 0. The lowest BCUT2D eigenvalue weighted by atomic mass is 9.57. The molecule has 0 aliphatic heterocycles. The van der Waals surface area contributed by atoms with Crippen molar-refractivity contribution in [1.29, 1.82) is 0 Å². The summed E-state index contributed by atoms with van der Waals surface area (Å²) in [4.78, 5) is 10.6. The molecule has 4 nitrogen and oxygen atoms in total. The molecule has 3 saturated carbocycles. The largest absolute Gasteiger partial charge is 0.481 e. The van der Waals surface area contributed by atoms with Crippen LogP contribution in [0.15, 0.2) is 11.6 Å². The van der Waals surface area contributed by atoms with Crippen LogP contribution in [-0.4, -0.2) is 33.0 Å². The molecule has 4 atom stereocenters. The van der Waals surface area contributed by atoms with Crippen molar-refractivity contribution in [1.82, 2.24) is 0 Å². The van der Waals surface area contributed by atoms with E-state index in [1.54, 1.807) is 0 Å². The molecule has 138 valence electrons. The molecule has 3 aliphatic carbocycles. The van der Waals surface area contributed by atoms with Crippen LogP contribution in [0, 0.1) is 29.6 Å². The maximum atomic E-state index is 10.6. The van der Waals surface area contributed by atoms with Gasteiger partial charge in [0, 0.05) is 6.42 Å². The topological polar surface area (TPSA) is 77.8 Å². The van der Waals surface area contributed by atoms with Crippen LogP contribution < -0.4 is 0 Å². The van der Waals surface area contributed by atoms with Crippen molar-refractivity contribution < 1.29 is 20.1 Å². The minimum atomic E-state index is -0.843. The fourth-order valence-electron chi connectivity index (χ4n) is 4.73. The molecule has 0 heterocycles. The summed E-state index contributed by atoms with van der Waals surface area (Å²) in [6.45, 7) is 0. The van der Waals surface area contributed by atoms with Crippen molar-refractivity contribution in [3.63, 3.8) is 0 Å². The Morgan fingerprint density at radius 2 is 2.00 bits per heavy atom. The van der Waals surface area contributed by atoms with Crippen LogP contribution in [0.1, 0.15) is 70.6 Å². The zero-order valence-electron chi connectivity index (χ0n) is 14.9. The zero-order chi connectivity index (χ0) is 17.9. The first-order valence-corrected chi connectivity index (χ1v) is 9.82. The number of aliphatic carboxylic acids is 1. The lowest BCUT2D eigenvalue weighted by molar-refractivity contribution is -0.137. The third kappa shape index (κ3) is 4.46. The van der Waals surface area contributed by atoms with Crippen molar-refractivity contribution in [2.24, 2.45) is 17.8 Å². The van der Waals surface area contributed by atoms with Crippen LogP contribution in [0.4, 0.5) is 0 Å². The van der Waals surface area contributed by atoms with Crippen molar-refractivity contribution in [2.75, 3.05) is 0 Å². The van der Waals surface area contributed by atoms with Gasteiger partial charge in [-0.15, -0.1) is 0 Å². The number of unbranched alkanes of at least 4 members (excludes halogenated alkanes) is 1. The first-order valence-electron chi connectivity index (χ1n) is 9.82. The van der Waals surface area contributed by atoms with Crippen LogP contribution in [0.3, 0.4) is 0 Å². The van der Waals surface area contributed by atoms with Crippen molar-refractivity contribution in [3.05, 3.63) is 11.6 Å². The molecule has 4 heteroatoms. The summed E-state index contributed by atoms with van der Waals surface area (Å²) in [5.74, 6) is 6.51. The first-order chi connectivity index (χ1) is 12.0. The molecule has 3 aliphatic rings. The van der Waals surface area contributed by atoms with E-state index in [1.807, 2.05) is 0 Å². The Bertz CT molecular complexity index is 576. The molecular formula is C21H30O4. The standard InChI is InChI=1S/C21H30O4/c22-19-9-8-16-15(6-2-3-7-20(23)24)14-18(16)17(19)10-13-21(25)11-4-1-5-12-21/h6,16-19,22,25H,1-5,7-9,11-12,14H2,(H,23,24)/b15-6+/t16-,17?,18+,19-/m1/s1. The number of fused-ring (bicyclic) bond motifs is 1. The second-order valence-electron chi connectivity index (χ2n) is 8.07. The minimum absolute atomic E-state index is 0.0270. The summed E-state index contributed by atoms with van der Waals surface area (Å²) in [5.41, 5.74) is 0.579. The number of aliphatic hydroxyl groups is 2. The number of rotatable bonds is 4. The van der Waals surface area contributed by atoms with Gasteiger partial charge < -0.3 is 15.3 Å². The number of carboxylic acid groups (broad SMARTS) is 1. The van der Waals surface area contributed by atoms with Gasteiger partial charge in [0.05, 0.1) is 12.0 Å². The van der Waals surface area contributed by atoms with Crippen LogP contribution in [0.2, 0.25) is 0 Å². The Balaban J connectivity index is 1.59. The molecular weight excluding hydrogens is 316 g/mol. The average Bonchev–Trinajstić information content (AvgIpc) is 2.55. The Morgan fingerprint density at radius 1 is 1.24 bits per heavy atom. The van der Waals surface area contributed by atoms with E-state index in [0.29, 0.717) is 18.3 Å². The zero-order valence-corrected chi connectivity index (χ0v) is 14.9. The summed E-state index contributed by atoms with van der Waals surface area (Å²) < 4.78 is 0. The minimum Gasteiger partial charge on any atom is -0.481 e. The SMILES string of the molecule is O=C(O)CCC/C=C1\C[C@@H]2C(C#CC3(O)CCCCC3)[C@H](O)CC[C@H]12. The molecule has 3 fully saturated rings. The van der Waals surface area contributed by atoms with Crippen LogP contribution in [-0.2, 0) is 4.79 Å². The van der Waals surface area contributed by atoms with Gasteiger partial charge in [-0.05, 0) is 69.6 Å². The van der Waals surface area contributed by atoms with Crippen molar-refractivity contribution in [3.8, 4) is 11.8 Å². The highest BCUT2D eigenvalue weighted by Gasteiger charge is 2.46. The smallest absolute Gasteiger partial charge is 0.303 e. The molecule has 0 aromatic rings. The Morgan fingerprint density at radius 3 is 2.72 bits per heavy atom. The summed E-state index contributed by atoms with van der Waals surface area (Å²) in [6, 6.07) is 0. The number of aliphatic hydroxyl groups excluding tert-OH is 1.